The first-order chi connectivity index (χ1) is 9.95. The summed E-state index contributed by atoms with van der Waals surface area (Å²) >= 11 is 0. The molecule has 0 aromatic heterocycles. The molecule has 0 aliphatic heterocycles. The molecule has 116 valence electrons. The maximum atomic E-state index is 12.0. The Hall–Kier alpha value is -1.75. The molecule has 0 spiro atoms. The molecule has 1 aromatic carbocycles. The maximum Gasteiger partial charge on any atom is 0.323 e. The van der Waals surface area contributed by atoms with Crippen LogP contribution >= 0.6 is 0 Å². The second-order valence-corrected chi connectivity index (χ2v) is 5.95. The minimum absolute atomic E-state index is 0.0204. The van der Waals surface area contributed by atoms with Gasteiger partial charge in [-0.3, -0.25) is 4.79 Å². The number of carbonyl (C=O) groups excluding carboxylic acids is 1. The quantitative estimate of drug-likeness (QED) is 0.584. The molecular weight excluding hydrogens is 270 g/mol. The number of benzene rings is 1. The van der Waals surface area contributed by atoms with Crippen LogP contribution in [0.15, 0.2) is 18.2 Å². The third-order valence-corrected chi connectivity index (χ3v) is 4.04. The molecule has 1 fully saturated rings. The summed E-state index contributed by atoms with van der Waals surface area (Å²) in [5, 5.41) is 18.7. The molecule has 0 radical (unpaired) electrons. The Kier molecular flexibility index (Phi) is 5.07. The van der Waals surface area contributed by atoms with Gasteiger partial charge in [-0.15, -0.1) is 0 Å². The summed E-state index contributed by atoms with van der Waals surface area (Å²) in [5.74, 6) is -0.101. The summed E-state index contributed by atoms with van der Waals surface area (Å²) in [4.78, 5) is 12.0. The molecule has 2 rings (SSSR count). The lowest BCUT2D eigenvalue weighted by molar-refractivity contribution is -0.152. The van der Waals surface area contributed by atoms with Gasteiger partial charge in [0.2, 0.25) is 0 Å². The average molecular weight is 293 g/mol. The summed E-state index contributed by atoms with van der Waals surface area (Å²) in [6.45, 7) is 2.21. The number of nitrogens with two attached hydrogens (primary N) is 1. The predicted molar refractivity (Wildman–Crippen MR) is 79.0 cm³/mol. The van der Waals surface area contributed by atoms with E-state index >= 15 is 0 Å². The van der Waals surface area contributed by atoms with Gasteiger partial charge in [-0.1, -0.05) is 13.0 Å². The molecule has 0 heterocycles. The highest BCUT2D eigenvalue weighted by atomic mass is 16.5. The molecule has 1 saturated carbocycles. The van der Waals surface area contributed by atoms with Gasteiger partial charge in [0.1, 0.15) is 12.1 Å². The van der Waals surface area contributed by atoms with Gasteiger partial charge in [-0.25, -0.2) is 0 Å². The van der Waals surface area contributed by atoms with Gasteiger partial charge in [0.05, 0.1) is 0 Å². The molecule has 0 unspecified atom stereocenters. The van der Waals surface area contributed by atoms with Crippen LogP contribution in [0.4, 0.5) is 0 Å². The fraction of sp³-hybridized carbons (Fsp3) is 0.562. The Balaban J connectivity index is 1.86. The van der Waals surface area contributed by atoms with Crippen LogP contribution in [-0.2, 0) is 16.0 Å². The van der Waals surface area contributed by atoms with E-state index in [4.69, 9.17) is 10.5 Å². The van der Waals surface area contributed by atoms with Crippen LogP contribution in [-0.4, -0.2) is 28.3 Å². The summed E-state index contributed by atoms with van der Waals surface area (Å²) in [5.41, 5.74) is 6.55. The van der Waals surface area contributed by atoms with Crippen molar-refractivity contribution in [3.05, 3.63) is 23.8 Å². The third-order valence-electron chi connectivity index (χ3n) is 4.04. The number of rotatable bonds is 4. The predicted octanol–water partition coefficient (Wildman–Crippen LogP) is 2.09. The van der Waals surface area contributed by atoms with Crippen molar-refractivity contribution in [3.63, 3.8) is 0 Å². The van der Waals surface area contributed by atoms with Gasteiger partial charge in [0.15, 0.2) is 11.5 Å². The van der Waals surface area contributed by atoms with Gasteiger partial charge >= 0.3 is 5.97 Å². The van der Waals surface area contributed by atoms with Gasteiger partial charge in [-0.2, -0.15) is 0 Å². The van der Waals surface area contributed by atoms with Crippen molar-refractivity contribution in [2.75, 3.05) is 0 Å². The number of esters is 1. The fourth-order valence-corrected chi connectivity index (χ4v) is 2.63. The lowest BCUT2D eigenvalue weighted by Crippen LogP contribution is -2.37. The molecule has 0 saturated heterocycles. The van der Waals surface area contributed by atoms with Gasteiger partial charge < -0.3 is 20.7 Å². The normalized spacial score (nSPS) is 23.5. The standard InChI is InChI=1S/C16H23NO4/c1-10-2-5-12(6-3-10)21-16(20)13(17)8-11-4-7-14(18)15(19)9-11/h4,7,9-10,12-13,18-19H,2-3,5-6,8,17H2,1H3/t10?,12?,13-/m0/s1. The second-order valence-electron chi connectivity index (χ2n) is 5.95. The van der Waals surface area contributed by atoms with Crippen LogP contribution in [0.1, 0.15) is 38.2 Å². The van der Waals surface area contributed by atoms with Crippen molar-refractivity contribution in [2.24, 2.45) is 11.7 Å². The molecule has 21 heavy (non-hydrogen) atoms. The van der Waals surface area contributed by atoms with Crippen molar-refractivity contribution < 1.29 is 19.7 Å². The molecule has 0 bridgehead atoms. The van der Waals surface area contributed by atoms with Gasteiger partial charge in [-0.05, 0) is 55.7 Å². The van der Waals surface area contributed by atoms with E-state index in [0.29, 0.717) is 11.5 Å². The van der Waals surface area contributed by atoms with E-state index in [1.165, 1.54) is 12.1 Å². The number of phenols is 2. The Morgan fingerprint density at radius 1 is 1.29 bits per heavy atom. The molecule has 1 aromatic rings. The number of hydrogen-bond acceptors (Lipinski definition) is 5. The van der Waals surface area contributed by atoms with Crippen LogP contribution in [0.3, 0.4) is 0 Å². The minimum atomic E-state index is -0.756. The number of hydrogen-bond donors (Lipinski definition) is 3. The van der Waals surface area contributed by atoms with Crippen LogP contribution in [0.2, 0.25) is 0 Å². The molecule has 5 heteroatoms. The Bertz CT molecular complexity index is 495. The Labute approximate surface area is 124 Å². The number of ether oxygens (including phenoxy) is 1. The maximum absolute atomic E-state index is 12.0. The van der Waals surface area contributed by atoms with Crippen LogP contribution < -0.4 is 5.73 Å². The van der Waals surface area contributed by atoms with Crippen LogP contribution in [0, 0.1) is 5.92 Å². The lowest BCUT2D eigenvalue weighted by atomic mass is 9.89. The highest BCUT2D eigenvalue weighted by Gasteiger charge is 2.24. The molecule has 1 aliphatic rings. The SMILES string of the molecule is CC1CCC(OC(=O)[C@@H](N)Cc2ccc(O)c(O)c2)CC1. The van der Waals surface area contributed by atoms with Crippen molar-refractivity contribution in [1.82, 2.24) is 0 Å². The zero-order chi connectivity index (χ0) is 15.4. The molecule has 0 amide bonds. The van der Waals surface area contributed by atoms with E-state index in [1.54, 1.807) is 6.07 Å². The largest absolute Gasteiger partial charge is 0.504 e. The van der Waals surface area contributed by atoms with E-state index in [9.17, 15) is 15.0 Å². The van der Waals surface area contributed by atoms with Crippen molar-refractivity contribution in [2.45, 2.75) is 51.2 Å². The zero-order valence-corrected chi connectivity index (χ0v) is 12.3. The molecular formula is C16H23NO4. The first kappa shape index (κ1) is 15.6. The van der Waals surface area contributed by atoms with Crippen molar-refractivity contribution in [1.29, 1.82) is 0 Å². The van der Waals surface area contributed by atoms with Crippen molar-refractivity contribution >= 4 is 5.97 Å². The van der Waals surface area contributed by atoms with E-state index in [-0.39, 0.29) is 24.0 Å². The van der Waals surface area contributed by atoms with Crippen LogP contribution in [0.25, 0.3) is 0 Å². The summed E-state index contributed by atoms with van der Waals surface area (Å²) < 4.78 is 5.45. The van der Waals surface area contributed by atoms with Crippen LogP contribution in [0.5, 0.6) is 11.5 Å². The number of carbonyl (C=O) groups is 1. The topological polar surface area (TPSA) is 92.8 Å². The molecule has 4 N–H and O–H groups in total. The second kappa shape index (κ2) is 6.80. The first-order valence-electron chi connectivity index (χ1n) is 7.42. The summed E-state index contributed by atoms with van der Waals surface area (Å²) in [6.07, 6.45) is 4.22. The molecule has 5 nitrogen and oxygen atoms in total. The molecule has 1 atom stereocenters. The summed E-state index contributed by atoms with van der Waals surface area (Å²) in [7, 11) is 0. The van der Waals surface area contributed by atoms with E-state index in [0.717, 1.165) is 25.7 Å². The average Bonchev–Trinajstić information content (AvgIpc) is 2.45. The van der Waals surface area contributed by atoms with Gasteiger partial charge in [0, 0.05) is 0 Å². The summed E-state index contributed by atoms with van der Waals surface area (Å²) in [6, 6.07) is 3.66. The monoisotopic (exact) mass is 293 g/mol. The smallest absolute Gasteiger partial charge is 0.323 e. The van der Waals surface area contributed by atoms with E-state index < -0.39 is 12.0 Å². The highest BCUT2D eigenvalue weighted by Crippen LogP contribution is 2.27. The molecule has 1 aliphatic carbocycles. The lowest BCUT2D eigenvalue weighted by Gasteiger charge is -2.27. The fourth-order valence-electron chi connectivity index (χ4n) is 2.63. The third kappa shape index (κ3) is 4.36. The minimum Gasteiger partial charge on any atom is -0.504 e. The Morgan fingerprint density at radius 3 is 2.57 bits per heavy atom. The van der Waals surface area contributed by atoms with Crippen molar-refractivity contribution in [3.8, 4) is 11.5 Å². The Morgan fingerprint density at radius 2 is 1.95 bits per heavy atom. The number of phenolic OH excluding ortho intramolecular Hbond substituents is 2. The first-order valence-corrected chi connectivity index (χ1v) is 7.42. The van der Waals surface area contributed by atoms with E-state index in [1.807, 2.05) is 0 Å². The van der Waals surface area contributed by atoms with E-state index in [2.05, 4.69) is 6.92 Å². The van der Waals surface area contributed by atoms with Gasteiger partial charge in [0.25, 0.3) is 0 Å². The zero-order valence-electron chi connectivity index (χ0n) is 12.3. The number of aromatic hydroxyl groups is 2. The highest BCUT2D eigenvalue weighted by molar-refractivity contribution is 5.76.